The van der Waals surface area contributed by atoms with Crippen molar-refractivity contribution >= 4 is 5.97 Å². The summed E-state index contributed by atoms with van der Waals surface area (Å²) in [6, 6.07) is 24.9. The van der Waals surface area contributed by atoms with Crippen molar-refractivity contribution in [2.45, 2.75) is 0 Å². The second-order valence-electron chi connectivity index (χ2n) is 5.01. The number of esters is 1. The number of rotatable bonds is 4. The van der Waals surface area contributed by atoms with Gasteiger partial charge in [0.1, 0.15) is 11.5 Å². The lowest BCUT2D eigenvalue weighted by atomic mass is 10.1. The molecule has 0 aromatic heterocycles. The van der Waals surface area contributed by atoms with Crippen LogP contribution >= 0.6 is 0 Å². The third-order valence-corrected chi connectivity index (χ3v) is 3.47. The van der Waals surface area contributed by atoms with E-state index < -0.39 is 0 Å². The molecule has 23 heavy (non-hydrogen) atoms. The zero-order chi connectivity index (χ0) is 16.1. The third-order valence-electron chi connectivity index (χ3n) is 3.47. The molecule has 0 aliphatic rings. The molecule has 0 N–H and O–H groups in total. The van der Waals surface area contributed by atoms with Gasteiger partial charge in [-0.15, -0.1) is 0 Å². The van der Waals surface area contributed by atoms with Crippen molar-refractivity contribution in [2.24, 2.45) is 0 Å². The Balaban J connectivity index is 1.72. The normalized spacial score (nSPS) is 10.1. The van der Waals surface area contributed by atoms with Gasteiger partial charge in [0.15, 0.2) is 0 Å². The van der Waals surface area contributed by atoms with Gasteiger partial charge in [-0.3, -0.25) is 0 Å². The second kappa shape index (κ2) is 6.79. The van der Waals surface area contributed by atoms with Gasteiger partial charge < -0.3 is 9.47 Å². The first-order valence-electron chi connectivity index (χ1n) is 7.28. The predicted molar refractivity (Wildman–Crippen MR) is 89.7 cm³/mol. The van der Waals surface area contributed by atoms with E-state index in [4.69, 9.17) is 4.74 Å². The summed E-state index contributed by atoms with van der Waals surface area (Å²) in [6.07, 6.45) is 0. The fraction of sp³-hybridized carbons (Fsp3) is 0.0500. The molecule has 114 valence electrons. The number of carbonyl (C=O) groups excluding carboxylic acids is 1. The van der Waals surface area contributed by atoms with Gasteiger partial charge in [-0.25, -0.2) is 4.79 Å². The zero-order valence-electron chi connectivity index (χ0n) is 12.7. The monoisotopic (exact) mass is 304 g/mol. The number of ether oxygens (including phenoxy) is 2. The van der Waals surface area contributed by atoms with Gasteiger partial charge >= 0.3 is 5.97 Å². The highest BCUT2D eigenvalue weighted by Gasteiger charge is 2.05. The van der Waals surface area contributed by atoms with E-state index in [2.05, 4.69) is 16.9 Å². The number of methoxy groups -OCH3 is 1. The molecule has 0 saturated carbocycles. The molecule has 0 heterocycles. The minimum atomic E-state index is -0.358. The van der Waals surface area contributed by atoms with E-state index in [9.17, 15) is 4.79 Å². The van der Waals surface area contributed by atoms with Crippen molar-refractivity contribution in [2.75, 3.05) is 7.11 Å². The highest BCUT2D eigenvalue weighted by atomic mass is 16.5. The molecule has 3 rings (SSSR count). The number of hydrogen-bond acceptors (Lipinski definition) is 3. The molecule has 0 aliphatic heterocycles. The summed E-state index contributed by atoms with van der Waals surface area (Å²) >= 11 is 0. The Morgan fingerprint density at radius 2 is 1.22 bits per heavy atom. The molecule has 0 fully saturated rings. The van der Waals surface area contributed by atoms with Crippen LogP contribution in [0.3, 0.4) is 0 Å². The summed E-state index contributed by atoms with van der Waals surface area (Å²) in [5, 5.41) is 0. The van der Waals surface area contributed by atoms with Crippen molar-refractivity contribution in [3.05, 3.63) is 84.4 Å². The SMILES string of the molecule is COC(=O)c1ccc(Oc2ccc(-c3ccccc3)cc2)cc1. The van der Waals surface area contributed by atoms with Gasteiger partial charge in [0.2, 0.25) is 0 Å². The average Bonchev–Trinajstić information content (AvgIpc) is 2.63. The van der Waals surface area contributed by atoms with Crippen molar-refractivity contribution in [3.63, 3.8) is 0 Å². The standard InChI is InChI=1S/C20H16O3/c1-22-20(21)17-9-13-19(14-10-17)23-18-11-7-16(8-12-18)15-5-3-2-4-6-15/h2-14H,1H3. The van der Waals surface area contributed by atoms with E-state index >= 15 is 0 Å². The fourth-order valence-corrected chi connectivity index (χ4v) is 2.26. The topological polar surface area (TPSA) is 35.5 Å². The maximum atomic E-state index is 11.4. The van der Waals surface area contributed by atoms with Gasteiger partial charge in [0.05, 0.1) is 12.7 Å². The molecule has 0 saturated heterocycles. The van der Waals surface area contributed by atoms with Crippen LogP contribution in [0.15, 0.2) is 78.9 Å². The molecule has 0 unspecified atom stereocenters. The maximum Gasteiger partial charge on any atom is 0.337 e. The molecule has 0 bridgehead atoms. The Kier molecular flexibility index (Phi) is 4.39. The summed E-state index contributed by atoms with van der Waals surface area (Å²) in [5.41, 5.74) is 2.81. The van der Waals surface area contributed by atoms with Gasteiger partial charge in [-0.2, -0.15) is 0 Å². The fourth-order valence-electron chi connectivity index (χ4n) is 2.26. The Hall–Kier alpha value is -3.07. The highest BCUT2D eigenvalue weighted by molar-refractivity contribution is 5.89. The molecule has 3 heteroatoms. The van der Waals surface area contributed by atoms with Gasteiger partial charge in [-0.05, 0) is 47.5 Å². The van der Waals surface area contributed by atoms with Crippen molar-refractivity contribution < 1.29 is 14.3 Å². The first-order valence-corrected chi connectivity index (χ1v) is 7.28. The van der Waals surface area contributed by atoms with E-state index in [0.29, 0.717) is 11.3 Å². The van der Waals surface area contributed by atoms with E-state index in [1.807, 2.05) is 42.5 Å². The van der Waals surface area contributed by atoms with Crippen LogP contribution in [0, 0.1) is 0 Å². The number of carbonyl (C=O) groups is 1. The number of hydrogen-bond donors (Lipinski definition) is 0. The van der Waals surface area contributed by atoms with E-state index in [-0.39, 0.29) is 5.97 Å². The summed E-state index contributed by atoms with van der Waals surface area (Å²) in [6.45, 7) is 0. The minimum Gasteiger partial charge on any atom is -0.465 e. The smallest absolute Gasteiger partial charge is 0.337 e. The largest absolute Gasteiger partial charge is 0.465 e. The Labute approximate surface area is 135 Å². The van der Waals surface area contributed by atoms with Crippen LogP contribution in [0.1, 0.15) is 10.4 Å². The van der Waals surface area contributed by atoms with Crippen LogP contribution in [-0.2, 0) is 4.74 Å². The molecule has 0 radical (unpaired) electrons. The van der Waals surface area contributed by atoms with Crippen LogP contribution in [0.4, 0.5) is 0 Å². The summed E-state index contributed by atoms with van der Waals surface area (Å²) in [7, 11) is 1.36. The van der Waals surface area contributed by atoms with E-state index in [1.165, 1.54) is 12.7 Å². The van der Waals surface area contributed by atoms with Gasteiger partial charge in [0, 0.05) is 0 Å². The van der Waals surface area contributed by atoms with Gasteiger partial charge in [0.25, 0.3) is 0 Å². The Morgan fingerprint density at radius 3 is 1.78 bits per heavy atom. The molecular weight excluding hydrogens is 288 g/mol. The quantitative estimate of drug-likeness (QED) is 0.641. The molecule has 0 amide bonds. The molecule has 0 spiro atoms. The van der Waals surface area contributed by atoms with Crippen molar-refractivity contribution in [1.82, 2.24) is 0 Å². The average molecular weight is 304 g/mol. The maximum absolute atomic E-state index is 11.4. The summed E-state index contributed by atoms with van der Waals surface area (Å²) in [4.78, 5) is 11.4. The van der Waals surface area contributed by atoms with Crippen LogP contribution < -0.4 is 4.74 Å². The van der Waals surface area contributed by atoms with Crippen LogP contribution in [0.2, 0.25) is 0 Å². The zero-order valence-corrected chi connectivity index (χ0v) is 12.7. The van der Waals surface area contributed by atoms with E-state index in [1.54, 1.807) is 24.3 Å². The molecular formula is C20H16O3. The lowest BCUT2D eigenvalue weighted by Crippen LogP contribution is -2.00. The molecule has 3 aromatic rings. The molecule has 0 atom stereocenters. The van der Waals surface area contributed by atoms with Crippen LogP contribution in [-0.4, -0.2) is 13.1 Å². The van der Waals surface area contributed by atoms with E-state index in [0.717, 1.165) is 11.3 Å². The Morgan fingerprint density at radius 1 is 0.696 bits per heavy atom. The lowest BCUT2D eigenvalue weighted by molar-refractivity contribution is 0.0600. The predicted octanol–water partition coefficient (Wildman–Crippen LogP) is 4.93. The van der Waals surface area contributed by atoms with Crippen LogP contribution in [0.25, 0.3) is 11.1 Å². The highest BCUT2D eigenvalue weighted by Crippen LogP contribution is 2.26. The molecule has 3 aromatic carbocycles. The summed E-state index contributed by atoms with van der Waals surface area (Å²) in [5.74, 6) is 1.06. The Bertz CT molecular complexity index is 775. The first-order chi connectivity index (χ1) is 11.3. The second-order valence-corrected chi connectivity index (χ2v) is 5.01. The minimum absolute atomic E-state index is 0.358. The number of benzene rings is 3. The lowest BCUT2D eigenvalue weighted by Gasteiger charge is -2.08. The van der Waals surface area contributed by atoms with Crippen molar-refractivity contribution in [3.8, 4) is 22.6 Å². The summed E-state index contributed by atoms with van der Waals surface area (Å²) < 4.78 is 10.5. The van der Waals surface area contributed by atoms with Gasteiger partial charge in [-0.1, -0.05) is 42.5 Å². The first kappa shape index (κ1) is 14.9. The third kappa shape index (κ3) is 3.58. The molecule has 0 aliphatic carbocycles. The van der Waals surface area contributed by atoms with Crippen LogP contribution in [0.5, 0.6) is 11.5 Å². The van der Waals surface area contributed by atoms with Crippen molar-refractivity contribution in [1.29, 1.82) is 0 Å². The molecule has 3 nitrogen and oxygen atoms in total.